The highest BCUT2D eigenvalue weighted by Gasteiger charge is 2.51. The first-order chi connectivity index (χ1) is 8.55. The van der Waals surface area contributed by atoms with Gasteiger partial charge in [0.05, 0.1) is 11.6 Å². The fraction of sp³-hybridized carbons (Fsp3) is 0.833. The molecule has 18 heavy (non-hydrogen) atoms. The highest BCUT2D eigenvalue weighted by atomic mass is 32.2. The summed E-state index contributed by atoms with van der Waals surface area (Å²) < 4.78 is 0. The number of carbonyl (C=O) groups excluding carboxylic acids is 2. The first kappa shape index (κ1) is 13.5. The molecule has 0 aliphatic carbocycles. The number of urea groups is 1. The summed E-state index contributed by atoms with van der Waals surface area (Å²) in [7, 11) is 1.67. The molecule has 3 amide bonds. The summed E-state index contributed by atoms with van der Waals surface area (Å²) in [4.78, 5) is 22.5. The zero-order chi connectivity index (χ0) is 13.2. The number of nitrogens with one attached hydrogen (secondary N) is 3. The van der Waals surface area contributed by atoms with Crippen LogP contribution in [0.25, 0.3) is 0 Å². The van der Waals surface area contributed by atoms with Crippen molar-refractivity contribution in [2.75, 3.05) is 12.8 Å². The second kappa shape index (κ2) is 5.38. The van der Waals surface area contributed by atoms with Gasteiger partial charge in [0.15, 0.2) is 0 Å². The monoisotopic (exact) mass is 271 g/mol. The Morgan fingerprint density at radius 2 is 2.33 bits per heavy atom. The molecule has 0 radical (unpaired) electrons. The number of carbonyl (C=O) groups is 2. The highest BCUT2D eigenvalue weighted by Crippen LogP contribution is 2.39. The van der Waals surface area contributed by atoms with Crippen molar-refractivity contribution in [2.45, 2.75) is 49.4 Å². The lowest BCUT2D eigenvalue weighted by atomic mass is 9.92. The molecular formula is C12H21N3O2S. The van der Waals surface area contributed by atoms with Crippen LogP contribution in [0.4, 0.5) is 4.79 Å². The number of rotatable bonds is 5. The minimum atomic E-state index is -0.0901. The van der Waals surface area contributed by atoms with Gasteiger partial charge < -0.3 is 16.0 Å². The van der Waals surface area contributed by atoms with E-state index in [1.54, 1.807) is 7.05 Å². The minimum Gasteiger partial charge on any atom is -0.359 e. The fourth-order valence-electron chi connectivity index (χ4n) is 2.69. The van der Waals surface area contributed by atoms with Crippen LogP contribution in [0.1, 0.15) is 32.6 Å². The van der Waals surface area contributed by atoms with Gasteiger partial charge in [-0.2, -0.15) is 11.8 Å². The third kappa shape index (κ3) is 2.74. The molecule has 0 aromatic carbocycles. The van der Waals surface area contributed by atoms with Crippen LogP contribution in [0.15, 0.2) is 0 Å². The molecule has 0 aromatic heterocycles. The van der Waals surface area contributed by atoms with Crippen LogP contribution in [-0.2, 0) is 4.79 Å². The van der Waals surface area contributed by atoms with Gasteiger partial charge in [0.2, 0.25) is 5.91 Å². The molecule has 0 saturated carbocycles. The zero-order valence-electron chi connectivity index (χ0n) is 10.9. The average Bonchev–Trinajstić information content (AvgIpc) is 2.77. The number of hydrogen-bond acceptors (Lipinski definition) is 3. The standard InChI is InChI=1S/C12H21N3O2S/c1-12-7-18-8(10(12)14-11(17)15-12)5-3-4-6-9(16)13-2/h8,10H,3-7H2,1-2H3,(H,13,16)(H2,14,15,17)/t8-,10+,12-/m0/s1. The second-order valence-electron chi connectivity index (χ2n) is 5.26. The lowest BCUT2D eigenvalue weighted by Gasteiger charge is -2.23. The Kier molecular flexibility index (Phi) is 4.04. The molecule has 2 heterocycles. The molecule has 0 aromatic rings. The molecule has 5 nitrogen and oxygen atoms in total. The third-order valence-corrected chi connectivity index (χ3v) is 5.46. The number of unbranched alkanes of at least 4 members (excludes halogenated alkanes) is 1. The van der Waals surface area contributed by atoms with E-state index in [4.69, 9.17) is 0 Å². The summed E-state index contributed by atoms with van der Waals surface area (Å²) >= 11 is 1.92. The average molecular weight is 271 g/mol. The summed E-state index contributed by atoms with van der Waals surface area (Å²) in [5, 5.41) is 9.12. The Morgan fingerprint density at radius 1 is 1.56 bits per heavy atom. The van der Waals surface area contributed by atoms with Crippen molar-refractivity contribution in [3.05, 3.63) is 0 Å². The van der Waals surface area contributed by atoms with E-state index < -0.39 is 0 Å². The molecule has 3 N–H and O–H groups in total. The van der Waals surface area contributed by atoms with Gasteiger partial charge in [-0.3, -0.25) is 4.79 Å². The number of amides is 3. The molecule has 2 fully saturated rings. The van der Waals surface area contributed by atoms with Gasteiger partial charge in [0.1, 0.15) is 0 Å². The van der Waals surface area contributed by atoms with Crippen molar-refractivity contribution >= 4 is 23.7 Å². The Hall–Kier alpha value is -0.910. The molecule has 6 heteroatoms. The molecule has 3 atom stereocenters. The Labute approximate surface area is 112 Å². The largest absolute Gasteiger partial charge is 0.359 e. The van der Waals surface area contributed by atoms with Crippen molar-refractivity contribution in [3.8, 4) is 0 Å². The van der Waals surface area contributed by atoms with Crippen LogP contribution in [-0.4, -0.2) is 41.6 Å². The molecule has 2 rings (SSSR count). The van der Waals surface area contributed by atoms with E-state index in [1.165, 1.54) is 0 Å². The van der Waals surface area contributed by atoms with Crippen LogP contribution in [0.2, 0.25) is 0 Å². The maximum atomic E-state index is 11.4. The SMILES string of the molecule is CNC(=O)CCCC[C@@H]1SC[C@]2(C)NC(=O)N[C@H]12. The molecule has 0 unspecified atom stereocenters. The molecule has 2 saturated heterocycles. The summed E-state index contributed by atoms with van der Waals surface area (Å²) in [5.74, 6) is 1.08. The lowest BCUT2D eigenvalue weighted by Crippen LogP contribution is -2.47. The topological polar surface area (TPSA) is 70.2 Å². The Bertz CT molecular complexity index is 350. The van der Waals surface area contributed by atoms with Gasteiger partial charge in [0.25, 0.3) is 0 Å². The summed E-state index contributed by atoms with van der Waals surface area (Å²) in [6.45, 7) is 2.10. The van der Waals surface area contributed by atoms with Crippen molar-refractivity contribution in [1.82, 2.24) is 16.0 Å². The van der Waals surface area contributed by atoms with E-state index >= 15 is 0 Å². The molecule has 102 valence electrons. The molecule has 0 spiro atoms. The smallest absolute Gasteiger partial charge is 0.315 e. The summed E-state index contributed by atoms with van der Waals surface area (Å²) in [6, 6.07) is 0.188. The molecule has 2 aliphatic heterocycles. The number of hydrogen-bond donors (Lipinski definition) is 3. The van der Waals surface area contributed by atoms with Crippen LogP contribution in [0.5, 0.6) is 0 Å². The second-order valence-corrected chi connectivity index (χ2v) is 6.49. The maximum absolute atomic E-state index is 11.4. The van der Waals surface area contributed by atoms with Crippen molar-refractivity contribution < 1.29 is 9.59 Å². The van der Waals surface area contributed by atoms with Crippen LogP contribution in [0, 0.1) is 0 Å². The van der Waals surface area contributed by atoms with E-state index in [0.717, 1.165) is 25.0 Å². The van der Waals surface area contributed by atoms with Crippen LogP contribution < -0.4 is 16.0 Å². The Morgan fingerprint density at radius 3 is 3.06 bits per heavy atom. The number of thioether (sulfide) groups is 1. The fourth-order valence-corrected chi connectivity index (χ4v) is 4.39. The Balaban J connectivity index is 1.74. The van der Waals surface area contributed by atoms with E-state index in [1.807, 2.05) is 11.8 Å². The predicted molar refractivity (Wildman–Crippen MR) is 72.6 cm³/mol. The lowest BCUT2D eigenvalue weighted by molar-refractivity contribution is -0.120. The molecule has 2 aliphatic rings. The van der Waals surface area contributed by atoms with Gasteiger partial charge >= 0.3 is 6.03 Å². The van der Waals surface area contributed by atoms with Crippen LogP contribution >= 0.6 is 11.8 Å². The van der Waals surface area contributed by atoms with E-state index in [-0.39, 0.29) is 23.5 Å². The van der Waals surface area contributed by atoms with E-state index in [9.17, 15) is 9.59 Å². The third-order valence-electron chi connectivity index (χ3n) is 3.76. The normalized spacial score (nSPS) is 33.8. The predicted octanol–water partition coefficient (Wildman–Crippen LogP) is 0.848. The molecular weight excluding hydrogens is 250 g/mol. The van der Waals surface area contributed by atoms with Gasteiger partial charge in [-0.05, 0) is 19.8 Å². The first-order valence-electron chi connectivity index (χ1n) is 6.46. The maximum Gasteiger partial charge on any atom is 0.315 e. The van der Waals surface area contributed by atoms with Crippen LogP contribution in [0.3, 0.4) is 0 Å². The zero-order valence-corrected chi connectivity index (χ0v) is 11.7. The van der Waals surface area contributed by atoms with Crippen molar-refractivity contribution in [1.29, 1.82) is 0 Å². The van der Waals surface area contributed by atoms with Crippen molar-refractivity contribution in [3.63, 3.8) is 0 Å². The summed E-state index contributed by atoms with van der Waals surface area (Å²) in [6.07, 6.45) is 3.61. The van der Waals surface area contributed by atoms with E-state index in [2.05, 4.69) is 22.9 Å². The number of fused-ring (bicyclic) bond motifs is 1. The quantitative estimate of drug-likeness (QED) is 0.513. The van der Waals surface area contributed by atoms with E-state index in [0.29, 0.717) is 11.7 Å². The van der Waals surface area contributed by atoms with Gasteiger partial charge in [-0.25, -0.2) is 4.79 Å². The molecule has 0 bridgehead atoms. The van der Waals surface area contributed by atoms with Gasteiger partial charge in [0, 0.05) is 24.5 Å². The van der Waals surface area contributed by atoms with Crippen molar-refractivity contribution in [2.24, 2.45) is 0 Å². The highest BCUT2D eigenvalue weighted by molar-refractivity contribution is 8.00. The van der Waals surface area contributed by atoms with Gasteiger partial charge in [-0.15, -0.1) is 0 Å². The van der Waals surface area contributed by atoms with Gasteiger partial charge in [-0.1, -0.05) is 6.42 Å². The first-order valence-corrected chi connectivity index (χ1v) is 7.51. The minimum absolute atomic E-state index is 0.0434. The summed E-state index contributed by atoms with van der Waals surface area (Å²) in [5.41, 5.74) is -0.0901.